The van der Waals surface area contributed by atoms with Gasteiger partial charge in [-0.2, -0.15) is 47.1 Å². The van der Waals surface area contributed by atoms with Crippen molar-refractivity contribution in [3.8, 4) is 29.3 Å². The van der Waals surface area contributed by atoms with Crippen LogP contribution in [0.25, 0.3) is 11.4 Å². The number of aromatic nitrogens is 4. The zero-order chi connectivity index (χ0) is 50.0. The number of carbonyl (C=O) groups is 2. The minimum Gasteiger partial charge on any atom is -0.411 e. The van der Waals surface area contributed by atoms with Gasteiger partial charge in [0.2, 0.25) is 0 Å². The molecule has 0 bridgehead atoms. The standard InChI is InChI=1S/C21H14F4IN5O2.C18H8F5IN4O.C3H7NO.2CH4/c1-11(2)30-33-18-6-4-14(7-12(18)10-27)31-17(9-19(29-31)21(23,24)25)20(32)28-16-5-3-13(26)8-15(16)22;19-12-3-2-11(5-9(12)8-25)28-15(7-16(27-28)18(21,22)23)17(29)26-14-4-1-10(24)6-13(14)20;1-3(2)4-5;;/h3-9H,1-2H3,(H,28,32);1-7H,(H,26,29);5H,1-2H3;2*1H4. The molecule has 6 aromatic rings. The molecule has 0 aliphatic heterocycles. The lowest BCUT2D eigenvalue weighted by Gasteiger charge is -2.10. The van der Waals surface area contributed by atoms with Crippen LogP contribution in [0.5, 0.6) is 5.75 Å². The molecule has 0 spiro atoms. The smallest absolute Gasteiger partial charge is 0.411 e. The molecule has 69 heavy (non-hydrogen) atoms. The summed E-state index contributed by atoms with van der Waals surface area (Å²) in [6, 6.07) is 19.0. The van der Waals surface area contributed by atoms with Crippen molar-refractivity contribution >= 4 is 79.8 Å². The average molecular weight is 1190 g/mol. The van der Waals surface area contributed by atoms with Crippen LogP contribution >= 0.6 is 45.2 Å². The molecule has 0 fully saturated rings. The Hall–Kier alpha value is -7.01. The molecule has 2 amide bonds. The molecule has 0 radical (unpaired) electrons. The number of nitrogens with zero attached hydrogens (tertiary/aromatic N) is 8. The van der Waals surface area contributed by atoms with Crippen molar-refractivity contribution in [3.63, 3.8) is 0 Å². The van der Waals surface area contributed by atoms with E-state index in [0.29, 0.717) is 35.4 Å². The molecule has 364 valence electrons. The average Bonchev–Trinajstić information content (AvgIpc) is 3.93. The monoisotopic (exact) mass is 1190 g/mol. The topological polar surface area (TPSA) is 196 Å². The van der Waals surface area contributed by atoms with Gasteiger partial charge in [-0.25, -0.2) is 22.5 Å². The van der Waals surface area contributed by atoms with Crippen molar-refractivity contribution in [2.75, 3.05) is 10.6 Å². The minimum absolute atomic E-state index is 0. The lowest BCUT2D eigenvalue weighted by molar-refractivity contribution is -0.142. The van der Waals surface area contributed by atoms with E-state index in [0.717, 1.165) is 35.0 Å². The van der Waals surface area contributed by atoms with Crippen LogP contribution in [0.3, 0.4) is 0 Å². The molecule has 0 unspecified atom stereocenters. The lowest BCUT2D eigenvalue weighted by Crippen LogP contribution is -2.18. The van der Waals surface area contributed by atoms with E-state index in [1.165, 1.54) is 42.5 Å². The van der Waals surface area contributed by atoms with E-state index in [9.17, 15) is 54.4 Å². The van der Waals surface area contributed by atoms with Gasteiger partial charge in [0.1, 0.15) is 41.0 Å². The number of nitrogens with one attached hydrogen (secondary N) is 2. The molecule has 4 aromatic carbocycles. The van der Waals surface area contributed by atoms with E-state index in [4.69, 9.17) is 15.3 Å². The number of halogens is 11. The second-order valence-electron chi connectivity index (χ2n) is 13.6. The SMILES string of the molecule is C.C.CC(C)=NO.CC(C)=NOc1ccc(-n2nc(C(F)(F)F)cc2C(=O)Nc2ccc(I)cc2F)cc1C#N.N#Cc1cc(-n2nc(C(F)(F)F)cc2C(=O)Nc2ccc(I)cc2F)ccc1F. The third kappa shape index (κ3) is 15.8. The number of oxime groups is 2. The van der Waals surface area contributed by atoms with Crippen molar-refractivity contribution in [3.05, 3.63) is 143 Å². The first-order valence-electron chi connectivity index (χ1n) is 18.3. The highest BCUT2D eigenvalue weighted by Crippen LogP contribution is 2.33. The molecule has 25 heteroatoms. The van der Waals surface area contributed by atoms with E-state index >= 15 is 0 Å². The highest BCUT2D eigenvalue weighted by Gasteiger charge is 2.37. The van der Waals surface area contributed by atoms with Gasteiger partial charge in [0, 0.05) is 19.3 Å². The minimum atomic E-state index is -4.87. The Kier molecular flexibility index (Phi) is 20.9. The summed E-state index contributed by atoms with van der Waals surface area (Å²) in [4.78, 5) is 30.5. The van der Waals surface area contributed by atoms with Crippen molar-refractivity contribution in [2.45, 2.75) is 54.9 Å². The lowest BCUT2D eigenvalue weighted by atomic mass is 10.2. The number of hydrogen-bond donors (Lipinski definition) is 3. The second kappa shape index (κ2) is 24.8. The van der Waals surface area contributed by atoms with Crippen LogP contribution in [0.2, 0.25) is 0 Å². The first-order valence-corrected chi connectivity index (χ1v) is 20.5. The molecule has 14 nitrogen and oxygen atoms in total. The van der Waals surface area contributed by atoms with E-state index < -0.39 is 70.0 Å². The van der Waals surface area contributed by atoms with Crippen molar-refractivity contribution in [1.29, 1.82) is 10.5 Å². The Morgan fingerprint density at radius 1 is 0.638 bits per heavy atom. The summed E-state index contributed by atoms with van der Waals surface area (Å²) in [6.07, 6.45) is -9.71. The summed E-state index contributed by atoms with van der Waals surface area (Å²) in [5, 5.41) is 43.9. The molecule has 6 rings (SSSR count). The van der Waals surface area contributed by atoms with E-state index in [1.54, 1.807) is 33.8 Å². The fourth-order valence-corrected chi connectivity index (χ4v) is 5.91. The number of nitriles is 2. The normalized spacial score (nSPS) is 10.4. The molecular formula is C44H37F9I2N10O4. The Bertz CT molecular complexity index is 2970. The molecule has 0 saturated carbocycles. The number of hydrogen-bond acceptors (Lipinski definition) is 10. The first-order chi connectivity index (χ1) is 31.4. The van der Waals surface area contributed by atoms with Gasteiger partial charge in [0.25, 0.3) is 11.8 Å². The maximum Gasteiger partial charge on any atom is 0.435 e. The van der Waals surface area contributed by atoms with E-state index in [-0.39, 0.29) is 48.9 Å². The summed E-state index contributed by atoms with van der Waals surface area (Å²) in [5.74, 6) is -4.44. The summed E-state index contributed by atoms with van der Waals surface area (Å²) in [6.45, 7) is 6.79. The zero-order valence-corrected chi connectivity index (χ0v) is 38.8. The molecular weight excluding hydrogens is 1160 g/mol. The van der Waals surface area contributed by atoms with Crippen molar-refractivity contribution in [1.82, 2.24) is 19.6 Å². The van der Waals surface area contributed by atoms with Crippen LogP contribution in [0.4, 0.5) is 50.9 Å². The fourth-order valence-electron chi connectivity index (χ4n) is 5.00. The maximum absolute atomic E-state index is 14.1. The Morgan fingerprint density at radius 3 is 1.41 bits per heavy atom. The van der Waals surface area contributed by atoms with Crippen molar-refractivity contribution in [2.24, 2.45) is 10.3 Å². The Labute approximate surface area is 415 Å². The molecule has 2 aromatic heterocycles. The summed E-state index contributed by atoms with van der Waals surface area (Å²) >= 11 is 3.73. The quantitative estimate of drug-likeness (QED) is 0.0440. The third-order valence-electron chi connectivity index (χ3n) is 7.99. The van der Waals surface area contributed by atoms with Crippen LogP contribution < -0.4 is 15.5 Å². The Morgan fingerprint density at radius 2 is 1.04 bits per heavy atom. The number of carbonyl (C=O) groups excluding carboxylic acids is 2. The van der Waals surface area contributed by atoms with Crippen LogP contribution in [0.15, 0.2) is 95.2 Å². The summed E-state index contributed by atoms with van der Waals surface area (Å²) < 4.78 is 123. The van der Waals surface area contributed by atoms with Crippen LogP contribution in [0, 0.1) is 47.3 Å². The largest absolute Gasteiger partial charge is 0.435 e. The zero-order valence-electron chi connectivity index (χ0n) is 34.5. The number of rotatable bonds is 8. The van der Waals surface area contributed by atoms with Gasteiger partial charge in [-0.1, -0.05) is 25.2 Å². The van der Waals surface area contributed by atoms with Gasteiger partial charge in [-0.3, -0.25) is 9.59 Å². The summed E-state index contributed by atoms with van der Waals surface area (Å²) in [5.41, 5.74) is -3.65. The van der Waals surface area contributed by atoms with Crippen LogP contribution in [0.1, 0.15) is 86.0 Å². The van der Waals surface area contributed by atoms with Crippen molar-refractivity contribution < 1.29 is 59.1 Å². The molecule has 0 aliphatic carbocycles. The number of alkyl halides is 6. The molecule has 3 N–H and O–H groups in total. The van der Waals surface area contributed by atoms with Gasteiger partial charge >= 0.3 is 12.4 Å². The van der Waals surface area contributed by atoms with E-state index in [2.05, 4.69) is 31.1 Å². The molecule has 2 heterocycles. The van der Waals surface area contributed by atoms with Gasteiger partial charge in [-0.15, -0.1) is 0 Å². The number of amides is 2. The third-order valence-corrected chi connectivity index (χ3v) is 9.34. The van der Waals surface area contributed by atoms with Gasteiger partial charge in [0.05, 0.1) is 45.3 Å². The first kappa shape index (κ1) is 58.1. The molecule has 0 aliphatic rings. The Balaban J connectivity index is 0.000000422. The summed E-state index contributed by atoms with van der Waals surface area (Å²) in [7, 11) is 0. The van der Waals surface area contributed by atoms with Crippen LogP contribution in [-0.2, 0) is 12.4 Å². The fraction of sp³-hybridized carbons (Fsp3) is 0.182. The predicted octanol–water partition coefficient (Wildman–Crippen LogP) is 12.6. The van der Waals surface area contributed by atoms with Gasteiger partial charge < -0.3 is 20.7 Å². The van der Waals surface area contributed by atoms with Gasteiger partial charge in [-0.05, 0) is 146 Å². The van der Waals surface area contributed by atoms with Gasteiger partial charge in [0.15, 0.2) is 17.1 Å². The maximum atomic E-state index is 14.1. The van der Waals surface area contributed by atoms with Crippen LogP contribution in [-0.4, -0.2) is 48.0 Å². The molecule has 0 saturated heterocycles. The highest BCUT2D eigenvalue weighted by atomic mass is 127. The highest BCUT2D eigenvalue weighted by molar-refractivity contribution is 14.1. The van der Waals surface area contributed by atoms with E-state index in [1.807, 2.05) is 51.3 Å². The second-order valence-corrected chi connectivity index (χ2v) is 16.0. The predicted molar refractivity (Wildman–Crippen MR) is 254 cm³/mol. The number of anilines is 2. The number of benzene rings is 4. The molecule has 0 atom stereocenters.